The van der Waals surface area contributed by atoms with Crippen LogP contribution in [0.2, 0.25) is 0 Å². The maximum absolute atomic E-state index is 10.9. The van der Waals surface area contributed by atoms with Crippen LogP contribution in [0.3, 0.4) is 0 Å². The zero-order chi connectivity index (χ0) is 10.5. The van der Waals surface area contributed by atoms with Gasteiger partial charge in [-0.1, -0.05) is 0 Å². The zero-order valence-corrected chi connectivity index (χ0v) is 9.83. The Bertz CT molecular complexity index is 200. The van der Waals surface area contributed by atoms with E-state index < -0.39 is 17.7 Å². The van der Waals surface area contributed by atoms with Crippen molar-refractivity contribution < 1.29 is 41.8 Å². The molecule has 1 N–H and O–H groups in total. The number of carboxylic acids is 1. The largest absolute Gasteiger partial charge is 1.00 e. The first kappa shape index (κ1) is 15.9. The van der Waals surface area contributed by atoms with Crippen LogP contribution in [0.25, 0.3) is 0 Å². The van der Waals surface area contributed by atoms with Gasteiger partial charge in [0, 0.05) is 18.9 Å². The van der Waals surface area contributed by atoms with Gasteiger partial charge in [-0.05, 0) is 20.8 Å². The van der Waals surface area contributed by atoms with E-state index in [0.717, 1.165) is 0 Å². The SMILES string of the molecule is CC(C)(C)OC(=O)NCCC(=O)[O-].[Ag+]. The number of carbonyl (C=O) groups is 2. The number of carbonyl (C=O) groups excluding carboxylic acids is 2. The Kier molecular flexibility index (Phi) is 7.81. The van der Waals surface area contributed by atoms with Gasteiger partial charge >= 0.3 is 28.5 Å². The van der Waals surface area contributed by atoms with Gasteiger partial charge in [0.1, 0.15) is 5.60 Å². The van der Waals surface area contributed by atoms with Crippen molar-refractivity contribution in [3.63, 3.8) is 0 Å². The minimum atomic E-state index is -1.20. The summed E-state index contributed by atoms with van der Waals surface area (Å²) < 4.78 is 4.86. The first-order valence-electron chi connectivity index (χ1n) is 3.98. The average molecular weight is 296 g/mol. The van der Waals surface area contributed by atoms with E-state index in [2.05, 4.69) is 5.32 Å². The molecule has 0 unspecified atom stereocenters. The summed E-state index contributed by atoms with van der Waals surface area (Å²) in [4.78, 5) is 20.9. The summed E-state index contributed by atoms with van der Waals surface area (Å²) in [5.41, 5.74) is -0.564. The van der Waals surface area contributed by atoms with Gasteiger partial charge in [0.05, 0.1) is 0 Å². The molecule has 0 aromatic heterocycles. The van der Waals surface area contributed by atoms with Crippen molar-refractivity contribution in [2.75, 3.05) is 6.54 Å². The van der Waals surface area contributed by atoms with Crippen LogP contribution in [-0.2, 0) is 31.9 Å². The van der Waals surface area contributed by atoms with Crippen LogP contribution in [0.15, 0.2) is 0 Å². The number of nitrogens with one attached hydrogen (secondary N) is 1. The standard InChI is InChI=1S/C8H15NO4.Ag/c1-8(2,3)13-7(12)9-5-4-6(10)11;/h4-5H2,1-3H3,(H,9,12)(H,10,11);/q;+1/p-1. The Balaban J connectivity index is 0. The maximum Gasteiger partial charge on any atom is 1.00 e. The van der Waals surface area contributed by atoms with Gasteiger partial charge in [-0.25, -0.2) is 4.79 Å². The fourth-order valence-electron chi connectivity index (χ4n) is 0.581. The molecule has 0 spiro atoms. The number of ether oxygens (including phenoxy) is 1. The third kappa shape index (κ3) is 11.5. The first-order valence-corrected chi connectivity index (χ1v) is 3.98. The molecule has 0 aliphatic carbocycles. The molecule has 0 atom stereocenters. The van der Waals surface area contributed by atoms with E-state index in [1.807, 2.05) is 0 Å². The molecule has 0 aliphatic heterocycles. The molecule has 1 amide bonds. The molecular weight excluding hydrogens is 282 g/mol. The predicted molar refractivity (Wildman–Crippen MR) is 43.9 cm³/mol. The third-order valence-electron chi connectivity index (χ3n) is 0.997. The smallest absolute Gasteiger partial charge is 0.550 e. The molecule has 0 bridgehead atoms. The number of alkyl carbamates (subject to hydrolysis) is 1. The number of hydrogen-bond acceptors (Lipinski definition) is 4. The quantitative estimate of drug-likeness (QED) is 0.722. The van der Waals surface area contributed by atoms with Gasteiger partial charge in [-0.2, -0.15) is 0 Å². The van der Waals surface area contributed by atoms with E-state index in [0.29, 0.717) is 0 Å². The van der Waals surface area contributed by atoms with Crippen LogP contribution in [-0.4, -0.2) is 24.2 Å². The Labute approximate surface area is 98.7 Å². The molecule has 14 heavy (non-hydrogen) atoms. The van der Waals surface area contributed by atoms with Crippen molar-refractivity contribution in [1.82, 2.24) is 5.32 Å². The molecule has 6 heteroatoms. The molecule has 5 nitrogen and oxygen atoms in total. The summed E-state index contributed by atoms with van der Waals surface area (Å²) in [6.07, 6.45) is -0.826. The monoisotopic (exact) mass is 295 g/mol. The minimum absolute atomic E-state index is 0. The molecule has 0 radical (unpaired) electrons. The van der Waals surface area contributed by atoms with Crippen molar-refractivity contribution in [2.24, 2.45) is 0 Å². The molecule has 0 aliphatic rings. The molecule has 0 heterocycles. The fraction of sp³-hybridized carbons (Fsp3) is 0.750. The minimum Gasteiger partial charge on any atom is -0.550 e. The van der Waals surface area contributed by atoms with Gasteiger partial charge in [-0.3, -0.25) is 0 Å². The molecule has 0 rings (SSSR count). The number of amides is 1. The molecule has 0 saturated heterocycles. The molecule has 0 aromatic rings. The third-order valence-corrected chi connectivity index (χ3v) is 0.997. The van der Waals surface area contributed by atoms with E-state index in [1.165, 1.54) is 0 Å². The molecule has 86 valence electrons. The van der Waals surface area contributed by atoms with Crippen LogP contribution in [0.5, 0.6) is 0 Å². The molecule has 0 fully saturated rings. The van der Waals surface area contributed by atoms with E-state index in [-0.39, 0.29) is 35.3 Å². The van der Waals surface area contributed by atoms with E-state index in [9.17, 15) is 14.7 Å². The van der Waals surface area contributed by atoms with Gasteiger partial charge in [0.25, 0.3) is 0 Å². The van der Waals surface area contributed by atoms with Crippen LogP contribution in [0.4, 0.5) is 4.79 Å². The number of rotatable bonds is 3. The second-order valence-electron chi connectivity index (χ2n) is 3.55. The molecular formula is C8H14AgNO4. The van der Waals surface area contributed by atoms with Crippen molar-refractivity contribution in [1.29, 1.82) is 0 Å². The number of hydrogen-bond donors (Lipinski definition) is 1. The Morgan fingerprint density at radius 1 is 1.36 bits per heavy atom. The van der Waals surface area contributed by atoms with Crippen LogP contribution in [0.1, 0.15) is 27.2 Å². The Morgan fingerprint density at radius 3 is 2.21 bits per heavy atom. The second-order valence-corrected chi connectivity index (χ2v) is 3.55. The maximum atomic E-state index is 10.9. The van der Waals surface area contributed by atoms with Gasteiger partial charge in [0.2, 0.25) is 0 Å². The Hall–Kier alpha value is -0.520. The van der Waals surface area contributed by atoms with E-state index in [4.69, 9.17) is 4.74 Å². The molecule has 0 aromatic carbocycles. The molecule has 0 saturated carbocycles. The first-order chi connectivity index (χ1) is 5.81. The van der Waals surface area contributed by atoms with Crippen molar-refractivity contribution >= 4 is 12.1 Å². The fourth-order valence-corrected chi connectivity index (χ4v) is 0.581. The van der Waals surface area contributed by atoms with Gasteiger partial charge in [0.15, 0.2) is 0 Å². The average Bonchev–Trinajstić information content (AvgIpc) is 1.81. The van der Waals surface area contributed by atoms with E-state index >= 15 is 0 Å². The predicted octanol–water partition coefficient (Wildman–Crippen LogP) is -0.351. The van der Waals surface area contributed by atoms with Crippen molar-refractivity contribution in [2.45, 2.75) is 32.8 Å². The normalized spacial score (nSPS) is 9.93. The summed E-state index contributed by atoms with van der Waals surface area (Å²) in [7, 11) is 0. The van der Waals surface area contributed by atoms with Crippen LogP contribution in [0, 0.1) is 0 Å². The van der Waals surface area contributed by atoms with E-state index in [1.54, 1.807) is 20.8 Å². The summed E-state index contributed by atoms with van der Waals surface area (Å²) >= 11 is 0. The Morgan fingerprint density at radius 2 is 1.86 bits per heavy atom. The summed E-state index contributed by atoms with van der Waals surface area (Å²) in [6, 6.07) is 0. The topological polar surface area (TPSA) is 78.5 Å². The summed E-state index contributed by atoms with van der Waals surface area (Å²) in [5.74, 6) is -1.20. The van der Waals surface area contributed by atoms with Crippen molar-refractivity contribution in [3.8, 4) is 0 Å². The van der Waals surface area contributed by atoms with Crippen LogP contribution >= 0.6 is 0 Å². The summed E-state index contributed by atoms with van der Waals surface area (Å²) in [6.45, 7) is 5.21. The second kappa shape index (κ2) is 6.86. The van der Waals surface area contributed by atoms with Crippen molar-refractivity contribution in [3.05, 3.63) is 0 Å². The van der Waals surface area contributed by atoms with Crippen LogP contribution < -0.4 is 10.4 Å². The zero-order valence-electron chi connectivity index (χ0n) is 8.35. The van der Waals surface area contributed by atoms with Gasteiger partial charge in [-0.15, -0.1) is 0 Å². The van der Waals surface area contributed by atoms with Gasteiger partial charge < -0.3 is 20.0 Å². The number of carboxylic acid groups (broad SMARTS) is 1. The number of aliphatic carboxylic acids is 1. The summed E-state index contributed by atoms with van der Waals surface area (Å²) in [5, 5.41) is 12.3.